The lowest BCUT2D eigenvalue weighted by molar-refractivity contribution is -0.143. The molecule has 1 fully saturated rings. The Balaban J connectivity index is 1.60. The van der Waals surface area contributed by atoms with Gasteiger partial charge in [-0.3, -0.25) is 9.59 Å². The van der Waals surface area contributed by atoms with E-state index in [2.05, 4.69) is 10.2 Å². The van der Waals surface area contributed by atoms with Gasteiger partial charge in [-0.2, -0.15) is 0 Å². The van der Waals surface area contributed by atoms with Gasteiger partial charge >= 0.3 is 11.8 Å². The van der Waals surface area contributed by atoms with Gasteiger partial charge in [0.1, 0.15) is 11.5 Å². The Bertz CT molecular complexity index is 801. The van der Waals surface area contributed by atoms with Gasteiger partial charge in [0.25, 0.3) is 0 Å². The number of para-hydroxylation sites is 4. The number of methoxy groups -OCH3 is 1. The SMILES string of the molecule is COc1ccccc1N1CCN(C(=O)C(=O)Nc2ccccc2O)CC1. The molecule has 0 saturated carbocycles. The molecular weight excluding hydrogens is 334 g/mol. The van der Waals surface area contributed by atoms with Crippen molar-refractivity contribution in [3.63, 3.8) is 0 Å². The third kappa shape index (κ3) is 3.72. The molecule has 0 radical (unpaired) electrons. The molecule has 0 atom stereocenters. The van der Waals surface area contributed by atoms with Crippen LogP contribution in [0.2, 0.25) is 0 Å². The molecule has 1 saturated heterocycles. The number of rotatable bonds is 3. The summed E-state index contributed by atoms with van der Waals surface area (Å²) in [7, 11) is 1.63. The molecule has 0 aliphatic carbocycles. The van der Waals surface area contributed by atoms with Crippen LogP contribution in [0.1, 0.15) is 0 Å². The second-order valence-corrected chi connectivity index (χ2v) is 5.92. The molecule has 7 heteroatoms. The van der Waals surface area contributed by atoms with E-state index in [1.54, 1.807) is 25.3 Å². The predicted octanol–water partition coefficient (Wildman–Crippen LogP) is 1.69. The number of hydrogen-bond acceptors (Lipinski definition) is 5. The maximum Gasteiger partial charge on any atom is 0.314 e. The standard InChI is InChI=1S/C19H21N3O4/c1-26-17-9-5-3-7-15(17)21-10-12-22(13-11-21)19(25)18(24)20-14-6-2-4-8-16(14)23/h2-9,23H,10-13H2,1H3,(H,20,24). The van der Waals surface area contributed by atoms with E-state index in [-0.39, 0.29) is 11.4 Å². The number of nitrogens with zero attached hydrogens (tertiary/aromatic N) is 2. The molecule has 2 aromatic carbocycles. The number of phenols is 1. The summed E-state index contributed by atoms with van der Waals surface area (Å²) in [6, 6.07) is 14.0. The van der Waals surface area contributed by atoms with E-state index in [1.165, 1.54) is 11.0 Å². The van der Waals surface area contributed by atoms with Crippen LogP contribution in [0.3, 0.4) is 0 Å². The van der Waals surface area contributed by atoms with Gasteiger partial charge in [-0.15, -0.1) is 0 Å². The summed E-state index contributed by atoms with van der Waals surface area (Å²) in [6.07, 6.45) is 0. The number of amides is 2. The Morgan fingerprint density at radius 3 is 2.35 bits per heavy atom. The summed E-state index contributed by atoms with van der Waals surface area (Å²) in [6.45, 7) is 2.09. The third-order valence-corrected chi connectivity index (χ3v) is 4.34. The van der Waals surface area contributed by atoms with Crippen molar-refractivity contribution in [2.45, 2.75) is 0 Å². The zero-order valence-corrected chi connectivity index (χ0v) is 14.5. The van der Waals surface area contributed by atoms with Crippen LogP contribution in [0, 0.1) is 0 Å². The van der Waals surface area contributed by atoms with Crippen LogP contribution in [0.25, 0.3) is 0 Å². The van der Waals surface area contributed by atoms with Gasteiger partial charge in [-0.25, -0.2) is 0 Å². The number of aromatic hydroxyl groups is 1. The number of benzene rings is 2. The molecule has 3 rings (SSSR count). The molecule has 1 aliphatic rings. The van der Waals surface area contributed by atoms with E-state index in [0.717, 1.165) is 11.4 Å². The quantitative estimate of drug-likeness (QED) is 0.647. The smallest absolute Gasteiger partial charge is 0.314 e. The number of piperazine rings is 1. The predicted molar refractivity (Wildman–Crippen MR) is 98.5 cm³/mol. The van der Waals surface area contributed by atoms with Gasteiger partial charge in [0.05, 0.1) is 18.5 Å². The molecule has 1 heterocycles. The van der Waals surface area contributed by atoms with E-state index in [9.17, 15) is 14.7 Å². The lowest BCUT2D eigenvalue weighted by atomic mass is 10.2. The van der Waals surface area contributed by atoms with Crippen molar-refractivity contribution in [3.05, 3.63) is 48.5 Å². The van der Waals surface area contributed by atoms with E-state index >= 15 is 0 Å². The largest absolute Gasteiger partial charge is 0.506 e. The third-order valence-electron chi connectivity index (χ3n) is 4.34. The van der Waals surface area contributed by atoms with Crippen molar-refractivity contribution in [2.24, 2.45) is 0 Å². The fraction of sp³-hybridized carbons (Fsp3) is 0.263. The molecule has 1 aliphatic heterocycles. The highest BCUT2D eigenvalue weighted by molar-refractivity contribution is 6.39. The van der Waals surface area contributed by atoms with Crippen LogP contribution < -0.4 is 15.0 Å². The van der Waals surface area contributed by atoms with Crippen LogP contribution in [-0.2, 0) is 9.59 Å². The second kappa shape index (κ2) is 7.77. The molecule has 26 heavy (non-hydrogen) atoms. The van der Waals surface area contributed by atoms with Crippen LogP contribution in [0.5, 0.6) is 11.5 Å². The first-order valence-corrected chi connectivity index (χ1v) is 8.36. The summed E-state index contributed by atoms with van der Waals surface area (Å²) < 4.78 is 5.38. The summed E-state index contributed by atoms with van der Waals surface area (Å²) in [5.41, 5.74) is 1.19. The van der Waals surface area contributed by atoms with Crippen molar-refractivity contribution >= 4 is 23.2 Å². The summed E-state index contributed by atoms with van der Waals surface area (Å²) in [5.74, 6) is -0.649. The van der Waals surface area contributed by atoms with Crippen LogP contribution in [0.15, 0.2) is 48.5 Å². The first-order valence-electron chi connectivity index (χ1n) is 8.36. The number of hydrogen-bond donors (Lipinski definition) is 2. The van der Waals surface area contributed by atoms with E-state index < -0.39 is 11.8 Å². The molecule has 2 amide bonds. The first-order chi connectivity index (χ1) is 12.6. The molecule has 0 aromatic heterocycles. The highest BCUT2D eigenvalue weighted by Gasteiger charge is 2.27. The van der Waals surface area contributed by atoms with Crippen molar-refractivity contribution in [2.75, 3.05) is 43.5 Å². The number of anilines is 2. The molecular formula is C19H21N3O4. The number of nitrogens with one attached hydrogen (secondary N) is 1. The Kier molecular flexibility index (Phi) is 5.26. The molecule has 136 valence electrons. The minimum atomic E-state index is -0.753. The van der Waals surface area contributed by atoms with E-state index in [1.807, 2.05) is 24.3 Å². The normalized spacial score (nSPS) is 14.0. The lowest BCUT2D eigenvalue weighted by Crippen LogP contribution is -2.51. The highest BCUT2D eigenvalue weighted by atomic mass is 16.5. The van der Waals surface area contributed by atoms with Crippen LogP contribution in [-0.4, -0.2) is 55.1 Å². The van der Waals surface area contributed by atoms with Gasteiger partial charge in [0.2, 0.25) is 0 Å². The summed E-state index contributed by atoms with van der Waals surface area (Å²) >= 11 is 0. The minimum absolute atomic E-state index is 0.0744. The second-order valence-electron chi connectivity index (χ2n) is 5.92. The maximum absolute atomic E-state index is 12.4. The van der Waals surface area contributed by atoms with Crippen molar-refractivity contribution < 1.29 is 19.4 Å². The Hall–Kier alpha value is -3.22. The molecule has 0 unspecified atom stereocenters. The first kappa shape index (κ1) is 17.6. The Morgan fingerprint density at radius 2 is 1.65 bits per heavy atom. The number of ether oxygens (including phenoxy) is 1. The number of carbonyl (C=O) groups excluding carboxylic acids is 2. The van der Waals surface area contributed by atoms with E-state index in [0.29, 0.717) is 26.2 Å². The fourth-order valence-corrected chi connectivity index (χ4v) is 2.94. The average molecular weight is 355 g/mol. The Labute approximate surface area is 151 Å². The van der Waals surface area contributed by atoms with Gasteiger partial charge < -0.3 is 25.0 Å². The van der Waals surface area contributed by atoms with Crippen molar-refractivity contribution in [1.29, 1.82) is 0 Å². The summed E-state index contributed by atoms with van der Waals surface area (Å²) in [5, 5.41) is 12.2. The highest BCUT2D eigenvalue weighted by Crippen LogP contribution is 2.28. The molecule has 2 aromatic rings. The van der Waals surface area contributed by atoms with Gasteiger partial charge in [0, 0.05) is 26.2 Å². The zero-order chi connectivity index (χ0) is 18.5. The van der Waals surface area contributed by atoms with Crippen LogP contribution >= 0.6 is 0 Å². The van der Waals surface area contributed by atoms with Gasteiger partial charge in [0.15, 0.2) is 0 Å². The number of carbonyl (C=O) groups is 2. The number of phenolic OH excluding ortho intramolecular Hbond substituents is 1. The maximum atomic E-state index is 12.4. The summed E-state index contributed by atoms with van der Waals surface area (Å²) in [4.78, 5) is 28.2. The molecule has 0 bridgehead atoms. The monoisotopic (exact) mass is 355 g/mol. The van der Waals surface area contributed by atoms with Gasteiger partial charge in [-0.1, -0.05) is 24.3 Å². The van der Waals surface area contributed by atoms with Crippen LogP contribution in [0.4, 0.5) is 11.4 Å². The van der Waals surface area contributed by atoms with Crippen molar-refractivity contribution in [3.8, 4) is 11.5 Å². The van der Waals surface area contributed by atoms with Crippen molar-refractivity contribution in [1.82, 2.24) is 4.90 Å². The molecule has 0 spiro atoms. The van der Waals surface area contributed by atoms with Gasteiger partial charge in [-0.05, 0) is 24.3 Å². The topological polar surface area (TPSA) is 82.1 Å². The zero-order valence-electron chi connectivity index (χ0n) is 14.5. The minimum Gasteiger partial charge on any atom is -0.506 e. The Morgan fingerprint density at radius 1 is 1.00 bits per heavy atom. The average Bonchev–Trinajstić information content (AvgIpc) is 2.69. The molecule has 2 N–H and O–H groups in total. The fourth-order valence-electron chi connectivity index (χ4n) is 2.94. The molecule has 7 nitrogen and oxygen atoms in total. The van der Waals surface area contributed by atoms with E-state index in [4.69, 9.17) is 4.74 Å². The lowest BCUT2D eigenvalue weighted by Gasteiger charge is -2.36.